The average Bonchev–Trinajstić information content (AvgIpc) is 2.73. The lowest BCUT2D eigenvalue weighted by Gasteiger charge is -2.36. The van der Waals surface area contributed by atoms with Gasteiger partial charge in [0.15, 0.2) is 5.43 Å². The van der Waals surface area contributed by atoms with E-state index in [9.17, 15) is 4.79 Å². The van der Waals surface area contributed by atoms with Crippen molar-refractivity contribution in [2.75, 3.05) is 44.7 Å². The van der Waals surface area contributed by atoms with Crippen LogP contribution < -0.4 is 15.1 Å². The van der Waals surface area contributed by atoms with E-state index in [4.69, 9.17) is 9.15 Å². The molecule has 5 nitrogen and oxygen atoms in total. The molecule has 1 aromatic heterocycles. The molecule has 0 radical (unpaired) electrons. The second-order valence-electron chi connectivity index (χ2n) is 6.82. The predicted octanol–water partition coefficient (Wildman–Crippen LogP) is 4.01. The zero-order chi connectivity index (χ0) is 18.6. The first-order chi connectivity index (χ1) is 13.2. The summed E-state index contributed by atoms with van der Waals surface area (Å²) in [6.45, 7) is 4.95. The molecule has 0 unspecified atom stereocenters. The van der Waals surface area contributed by atoms with Crippen molar-refractivity contribution in [3.05, 3.63) is 70.6 Å². The quantitative estimate of drug-likeness (QED) is 0.604. The highest BCUT2D eigenvalue weighted by molar-refractivity contribution is 5.85. The van der Waals surface area contributed by atoms with Crippen LogP contribution in [0.2, 0.25) is 0 Å². The summed E-state index contributed by atoms with van der Waals surface area (Å²) >= 11 is 0. The van der Waals surface area contributed by atoms with Gasteiger partial charge in [-0.3, -0.25) is 9.69 Å². The Kier molecular flexibility index (Phi) is 8.38. The fourth-order valence-electron chi connectivity index (χ4n) is 3.66. The molecule has 0 aliphatic carbocycles. The molecule has 1 saturated heterocycles. The Labute approximate surface area is 183 Å². The summed E-state index contributed by atoms with van der Waals surface area (Å²) in [4.78, 5) is 17.3. The molecule has 0 amide bonds. The van der Waals surface area contributed by atoms with Crippen molar-refractivity contribution in [2.45, 2.75) is 6.42 Å². The number of anilines is 1. The molecular formula is C22H26Cl2N2O3. The van der Waals surface area contributed by atoms with Crippen LogP contribution >= 0.6 is 24.8 Å². The van der Waals surface area contributed by atoms with Gasteiger partial charge in [0.1, 0.15) is 22.5 Å². The van der Waals surface area contributed by atoms with Crippen LogP contribution in [0.3, 0.4) is 0 Å². The number of benzene rings is 2. The van der Waals surface area contributed by atoms with Crippen molar-refractivity contribution in [1.29, 1.82) is 0 Å². The van der Waals surface area contributed by atoms with Crippen molar-refractivity contribution in [3.63, 3.8) is 0 Å². The molecule has 1 aliphatic rings. The lowest BCUT2D eigenvalue weighted by atomic mass is 10.1. The summed E-state index contributed by atoms with van der Waals surface area (Å²) in [5.74, 6) is 1.29. The summed E-state index contributed by atoms with van der Waals surface area (Å²) in [5, 5.41) is 0.514. The normalized spacial score (nSPS) is 14.2. The Hall–Kier alpha value is -2.21. The summed E-state index contributed by atoms with van der Waals surface area (Å²) in [6, 6.07) is 17.6. The number of halogens is 2. The molecular weight excluding hydrogens is 411 g/mol. The second-order valence-corrected chi connectivity index (χ2v) is 6.82. The topological polar surface area (TPSA) is 45.9 Å². The van der Waals surface area contributed by atoms with Crippen molar-refractivity contribution in [2.24, 2.45) is 0 Å². The van der Waals surface area contributed by atoms with E-state index in [1.54, 1.807) is 19.2 Å². The van der Waals surface area contributed by atoms with Crippen LogP contribution in [0.5, 0.6) is 5.75 Å². The molecule has 7 heteroatoms. The van der Waals surface area contributed by atoms with Crippen molar-refractivity contribution >= 4 is 41.5 Å². The number of para-hydroxylation sites is 1. The van der Waals surface area contributed by atoms with Crippen LogP contribution in [0.1, 0.15) is 5.76 Å². The van der Waals surface area contributed by atoms with E-state index in [0.717, 1.165) is 44.9 Å². The average molecular weight is 437 g/mol. The maximum atomic E-state index is 12.5. The first-order valence-corrected chi connectivity index (χ1v) is 9.37. The van der Waals surface area contributed by atoms with E-state index >= 15 is 0 Å². The van der Waals surface area contributed by atoms with Crippen LogP contribution in [0.25, 0.3) is 11.0 Å². The summed E-state index contributed by atoms with van der Waals surface area (Å²) < 4.78 is 11.2. The van der Waals surface area contributed by atoms with E-state index < -0.39 is 0 Å². The second kappa shape index (κ2) is 10.5. The molecule has 29 heavy (non-hydrogen) atoms. The van der Waals surface area contributed by atoms with Crippen molar-refractivity contribution in [1.82, 2.24) is 4.90 Å². The van der Waals surface area contributed by atoms with Gasteiger partial charge in [-0.2, -0.15) is 0 Å². The Morgan fingerprint density at radius 3 is 2.38 bits per heavy atom. The largest absolute Gasteiger partial charge is 0.496 e. The number of methoxy groups -OCH3 is 1. The molecule has 0 bridgehead atoms. The summed E-state index contributed by atoms with van der Waals surface area (Å²) in [7, 11) is 1.57. The van der Waals surface area contributed by atoms with E-state index in [2.05, 4.69) is 34.1 Å². The van der Waals surface area contributed by atoms with Gasteiger partial charge in [0.2, 0.25) is 0 Å². The molecule has 1 aliphatic heterocycles. The van der Waals surface area contributed by atoms with Crippen LogP contribution in [0.15, 0.2) is 63.8 Å². The lowest BCUT2D eigenvalue weighted by Crippen LogP contribution is -2.47. The first-order valence-electron chi connectivity index (χ1n) is 9.37. The minimum atomic E-state index is -0.0439. The van der Waals surface area contributed by atoms with Crippen molar-refractivity contribution in [3.8, 4) is 5.75 Å². The van der Waals surface area contributed by atoms with Crippen LogP contribution in [0, 0.1) is 0 Å². The highest BCUT2D eigenvalue weighted by Crippen LogP contribution is 2.23. The zero-order valence-corrected chi connectivity index (χ0v) is 18.0. The number of hydrogen-bond donors (Lipinski definition) is 0. The molecule has 0 saturated carbocycles. The predicted molar refractivity (Wildman–Crippen MR) is 122 cm³/mol. The minimum absolute atomic E-state index is 0. The Morgan fingerprint density at radius 2 is 1.69 bits per heavy atom. The zero-order valence-electron chi connectivity index (χ0n) is 16.4. The maximum absolute atomic E-state index is 12.5. The SMILES string of the molecule is COc1cccc2oc(CCN3CCN(c4ccccc4)CC3)cc(=O)c12.Cl.Cl. The van der Waals surface area contributed by atoms with Gasteiger partial charge in [0.05, 0.1) is 7.11 Å². The van der Waals surface area contributed by atoms with Gasteiger partial charge < -0.3 is 14.1 Å². The Morgan fingerprint density at radius 1 is 0.966 bits per heavy atom. The van der Waals surface area contributed by atoms with Gasteiger partial charge in [0, 0.05) is 50.9 Å². The number of hydrogen-bond acceptors (Lipinski definition) is 5. The van der Waals surface area contributed by atoms with Crippen LogP contribution in [-0.2, 0) is 6.42 Å². The van der Waals surface area contributed by atoms with Gasteiger partial charge in [-0.05, 0) is 24.3 Å². The molecule has 0 atom stereocenters. The molecule has 0 N–H and O–H groups in total. The monoisotopic (exact) mass is 436 g/mol. The van der Waals surface area contributed by atoms with Crippen LogP contribution in [0.4, 0.5) is 5.69 Å². The molecule has 1 fully saturated rings. The minimum Gasteiger partial charge on any atom is -0.496 e. The molecule has 2 aromatic carbocycles. The smallest absolute Gasteiger partial charge is 0.196 e. The fraction of sp³-hybridized carbons (Fsp3) is 0.318. The number of fused-ring (bicyclic) bond motifs is 1. The summed E-state index contributed by atoms with van der Waals surface area (Å²) in [6.07, 6.45) is 0.730. The van der Waals surface area contributed by atoms with Gasteiger partial charge in [0.25, 0.3) is 0 Å². The molecule has 2 heterocycles. The third-order valence-corrected chi connectivity index (χ3v) is 5.16. The Balaban J connectivity index is 0.00000150. The third-order valence-electron chi connectivity index (χ3n) is 5.16. The van der Waals surface area contributed by atoms with Gasteiger partial charge in [-0.15, -0.1) is 24.8 Å². The standard InChI is InChI=1S/C22H24N2O3.2ClH/c1-26-20-8-5-9-21-22(20)19(25)16-18(27-21)10-11-23-12-14-24(15-13-23)17-6-3-2-4-7-17;;/h2-9,16H,10-15H2,1H3;2*1H. The maximum Gasteiger partial charge on any atom is 0.196 e. The van der Waals surface area contributed by atoms with Gasteiger partial charge in [-0.25, -0.2) is 0 Å². The fourth-order valence-corrected chi connectivity index (χ4v) is 3.66. The number of ether oxygens (including phenoxy) is 1. The first kappa shape index (κ1) is 23.1. The molecule has 156 valence electrons. The highest BCUT2D eigenvalue weighted by Gasteiger charge is 2.17. The van der Waals surface area contributed by atoms with Gasteiger partial charge >= 0.3 is 0 Å². The number of piperazine rings is 1. The number of nitrogens with zero attached hydrogens (tertiary/aromatic N) is 2. The third kappa shape index (κ3) is 5.24. The molecule has 4 rings (SSSR count). The summed E-state index contributed by atoms with van der Waals surface area (Å²) in [5.41, 5.74) is 1.83. The van der Waals surface area contributed by atoms with Crippen molar-refractivity contribution < 1.29 is 9.15 Å². The van der Waals surface area contributed by atoms with Crippen LogP contribution in [-0.4, -0.2) is 44.7 Å². The molecule has 0 spiro atoms. The Bertz CT molecular complexity index is 971. The van der Waals surface area contributed by atoms with E-state index in [0.29, 0.717) is 16.7 Å². The van der Waals surface area contributed by atoms with E-state index in [1.165, 1.54) is 5.69 Å². The highest BCUT2D eigenvalue weighted by atomic mass is 35.5. The lowest BCUT2D eigenvalue weighted by molar-refractivity contribution is 0.255. The van der Waals surface area contributed by atoms with E-state index in [-0.39, 0.29) is 30.2 Å². The number of rotatable bonds is 5. The van der Waals surface area contributed by atoms with Gasteiger partial charge in [-0.1, -0.05) is 24.3 Å². The molecule has 3 aromatic rings. The van der Waals surface area contributed by atoms with E-state index in [1.807, 2.05) is 18.2 Å².